The highest BCUT2D eigenvalue weighted by molar-refractivity contribution is 5.96. The van der Waals surface area contributed by atoms with E-state index in [2.05, 4.69) is 56.0 Å². The number of fused-ring (bicyclic) bond motifs is 1. The molecule has 0 bridgehead atoms. The Morgan fingerprint density at radius 2 is 1.94 bits per heavy atom. The van der Waals surface area contributed by atoms with Crippen LogP contribution >= 0.6 is 0 Å². The average Bonchev–Trinajstić information content (AvgIpc) is 3.58. The monoisotopic (exact) mass is 490 g/mol. The smallest absolute Gasteiger partial charge is 0.272 e. The van der Waals surface area contributed by atoms with Crippen LogP contribution in [-0.2, 0) is 6.54 Å². The zero-order chi connectivity index (χ0) is 25.4. The normalized spacial score (nSPS) is 18.3. The molecule has 1 aliphatic rings. The number of aryl methyl sites for hydroxylation is 3. The maximum Gasteiger partial charge on any atom is 0.272 e. The van der Waals surface area contributed by atoms with Crippen molar-refractivity contribution in [2.75, 3.05) is 0 Å². The van der Waals surface area contributed by atoms with Crippen LogP contribution in [0.4, 0.5) is 0 Å². The highest BCUT2D eigenvalue weighted by atomic mass is 16.5. The molecule has 1 aliphatic carbocycles. The van der Waals surface area contributed by atoms with Gasteiger partial charge in [-0.25, -0.2) is 9.50 Å². The van der Waals surface area contributed by atoms with E-state index < -0.39 is 0 Å². The maximum absolute atomic E-state index is 13.3. The molecule has 0 spiro atoms. The van der Waals surface area contributed by atoms with Gasteiger partial charge in [0, 0.05) is 41.5 Å². The molecule has 0 aliphatic heterocycles. The molecule has 0 unspecified atom stereocenters. The lowest BCUT2D eigenvalue weighted by Gasteiger charge is -2.29. The molecule has 4 aromatic rings. The summed E-state index contributed by atoms with van der Waals surface area (Å²) in [6.07, 6.45) is 7.35. The van der Waals surface area contributed by atoms with Crippen molar-refractivity contribution in [1.29, 1.82) is 0 Å². The molecule has 190 valence electrons. The van der Waals surface area contributed by atoms with E-state index in [1.807, 2.05) is 27.0 Å². The number of rotatable bonds is 7. The summed E-state index contributed by atoms with van der Waals surface area (Å²) < 4.78 is 7.02. The minimum absolute atomic E-state index is 0.119. The maximum atomic E-state index is 13.3. The molecule has 0 atom stereocenters. The lowest BCUT2D eigenvalue weighted by atomic mass is 9.90. The zero-order valence-corrected chi connectivity index (χ0v) is 21.6. The molecule has 4 heterocycles. The van der Waals surface area contributed by atoms with Gasteiger partial charge in [0.2, 0.25) is 0 Å². The summed E-state index contributed by atoms with van der Waals surface area (Å²) in [7, 11) is 0. The van der Waals surface area contributed by atoms with Gasteiger partial charge in [-0.15, -0.1) is 0 Å². The van der Waals surface area contributed by atoms with Crippen molar-refractivity contribution in [3.05, 3.63) is 52.4 Å². The van der Waals surface area contributed by atoms with Crippen molar-refractivity contribution in [1.82, 2.24) is 40.6 Å². The molecule has 10 nitrogen and oxygen atoms in total. The van der Waals surface area contributed by atoms with Crippen LogP contribution < -0.4 is 10.6 Å². The summed E-state index contributed by atoms with van der Waals surface area (Å²) in [6, 6.07) is 2.62. The number of aromatic amines is 1. The number of aromatic nitrogens is 6. The summed E-state index contributed by atoms with van der Waals surface area (Å²) >= 11 is 0. The first-order valence-electron chi connectivity index (χ1n) is 12.7. The van der Waals surface area contributed by atoms with E-state index >= 15 is 0 Å². The molecule has 36 heavy (non-hydrogen) atoms. The Hall–Kier alpha value is -3.53. The van der Waals surface area contributed by atoms with E-state index in [4.69, 9.17) is 4.52 Å². The van der Waals surface area contributed by atoms with Gasteiger partial charge in [0.1, 0.15) is 12.1 Å². The first-order valence-corrected chi connectivity index (χ1v) is 12.7. The van der Waals surface area contributed by atoms with Crippen LogP contribution in [0.3, 0.4) is 0 Å². The number of carbonyl (C=O) groups excluding carboxylic acids is 1. The highest BCUT2D eigenvalue weighted by Crippen LogP contribution is 2.31. The van der Waals surface area contributed by atoms with Gasteiger partial charge in [-0.3, -0.25) is 9.89 Å². The molecule has 0 aromatic carbocycles. The van der Waals surface area contributed by atoms with Crippen molar-refractivity contribution in [3.63, 3.8) is 0 Å². The molecular formula is C26H34N8O2. The fraction of sp³-hybridized carbons (Fsp3) is 0.500. The zero-order valence-electron chi connectivity index (χ0n) is 21.6. The van der Waals surface area contributed by atoms with Gasteiger partial charge in [-0.2, -0.15) is 10.2 Å². The average molecular weight is 491 g/mol. The molecule has 1 amide bonds. The van der Waals surface area contributed by atoms with Crippen molar-refractivity contribution >= 4 is 11.6 Å². The van der Waals surface area contributed by atoms with E-state index in [-0.39, 0.29) is 17.9 Å². The van der Waals surface area contributed by atoms with Gasteiger partial charge in [-0.05, 0) is 64.0 Å². The molecule has 10 heteroatoms. The number of hydrogen-bond donors (Lipinski definition) is 3. The van der Waals surface area contributed by atoms with Crippen LogP contribution in [0, 0.1) is 20.8 Å². The van der Waals surface area contributed by atoms with Crippen LogP contribution in [0.1, 0.15) is 84.1 Å². The standard InChI is InChI=1S/C26H34N8O2/c1-14(2)22-23(18-10-15(3)25-28-13-29-34(25)12-18)31-32-24(22)26(35)30-20-8-6-19(7-9-20)27-11-21-16(4)33-36-17(21)5/h10,12-14,19-20,27H,6-9,11H2,1-5H3,(H,30,35)(H,31,32). The number of hydrogen-bond acceptors (Lipinski definition) is 7. The minimum atomic E-state index is -0.119. The highest BCUT2D eigenvalue weighted by Gasteiger charge is 2.27. The van der Waals surface area contributed by atoms with Crippen molar-refractivity contribution in [2.24, 2.45) is 0 Å². The number of nitrogens with zero attached hydrogens (tertiary/aromatic N) is 5. The van der Waals surface area contributed by atoms with E-state index in [1.165, 1.54) is 0 Å². The summed E-state index contributed by atoms with van der Waals surface area (Å²) in [6.45, 7) is 10.9. The Balaban J connectivity index is 1.24. The van der Waals surface area contributed by atoms with E-state index in [0.717, 1.165) is 77.3 Å². The molecule has 4 aromatic heterocycles. The van der Waals surface area contributed by atoms with Crippen LogP contribution in [0.2, 0.25) is 0 Å². The van der Waals surface area contributed by atoms with Crippen molar-refractivity contribution in [2.45, 2.75) is 84.8 Å². The third-order valence-corrected chi connectivity index (χ3v) is 7.26. The fourth-order valence-electron chi connectivity index (χ4n) is 5.23. The molecular weight excluding hydrogens is 456 g/mol. The van der Waals surface area contributed by atoms with Gasteiger partial charge in [0.05, 0.1) is 11.4 Å². The number of pyridine rings is 1. The second-order valence-electron chi connectivity index (χ2n) is 10.2. The van der Waals surface area contributed by atoms with E-state index in [0.29, 0.717) is 11.7 Å². The third kappa shape index (κ3) is 4.65. The largest absolute Gasteiger partial charge is 0.361 e. The van der Waals surface area contributed by atoms with Gasteiger partial charge in [0.15, 0.2) is 11.3 Å². The van der Waals surface area contributed by atoms with Crippen LogP contribution in [0.25, 0.3) is 16.9 Å². The topological polar surface area (TPSA) is 126 Å². The number of H-pyrrole nitrogens is 1. The molecule has 0 saturated heterocycles. The number of nitrogens with one attached hydrogen (secondary N) is 3. The van der Waals surface area contributed by atoms with Gasteiger partial charge < -0.3 is 15.2 Å². The lowest BCUT2D eigenvalue weighted by Crippen LogP contribution is -2.42. The SMILES string of the molecule is Cc1noc(C)c1CNC1CCC(NC(=O)c2n[nH]c(-c3cc(C)c4ncnn4c3)c2C(C)C)CC1. The first kappa shape index (κ1) is 24.2. The Kier molecular flexibility index (Phi) is 6.61. The summed E-state index contributed by atoms with van der Waals surface area (Å²) in [5, 5.41) is 22.8. The van der Waals surface area contributed by atoms with Crippen LogP contribution in [0.15, 0.2) is 23.1 Å². The second-order valence-corrected chi connectivity index (χ2v) is 10.2. The number of carbonyl (C=O) groups is 1. The quantitative estimate of drug-likeness (QED) is 0.358. The Morgan fingerprint density at radius 3 is 2.64 bits per heavy atom. The Bertz CT molecular complexity index is 1350. The van der Waals surface area contributed by atoms with E-state index in [9.17, 15) is 4.79 Å². The first-order chi connectivity index (χ1) is 17.3. The minimum Gasteiger partial charge on any atom is -0.361 e. The third-order valence-electron chi connectivity index (χ3n) is 7.26. The number of amides is 1. The predicted molar refractivity (Wildman–Crippen MR) is 136 cm³/mol. The summed E-state index contributed by atoms with van der Waals surface area (Å²) in [5.41, 5.74) is 7.08. The van der Waals surface area contributed by atoms with Crippen LogP contribution in [0.5, 0.6) is 0 Å². The molecule has 1 fully saturated rings. The second kappa shape index (κ2) is 9.85. The van der Waals surface area contributed by atoms with Gasteiger partial charge in [-0.1, -0.05) is 19.0 Å². The predicted octanol–water partition coefficient (Wildman–Crippen LogP) is 3.99. The Labute approximate surface area is 210 Å². The van der Waals surface area contributed by atoms with Gasteiger partial charge >= 0.3 is 0 Å². The van der Waals surface area contributed by atoms with Crippen molar-refractivity contribution < 1.29 is 9.32 Å². The summed E-state index contributed by atoms with van der Waals surface area (Å²) in [4.78, 5) is 17.6. The molecule has 5 rings (SSSR count). The Morgan fingerprint density at radius 1 is 1.19 bits per heavy atom. The van der Waals surface area contributed by atoms with Crippen molar-refractivity contribution in [3.8, 4) is 11.3 Å². The fourth-order valence-corrected chi connectivity index (χ4v) is 5.23. The van der Waals surface area contributed by atoms with Gasteiger partial charge in [0.25, 0.3) is 5.91 Å². The van der Waals surface area contributed by atoms with Crippen LogP contribution in [-0.4, -0.2) is 47.9 Å². The molecule has 0 radical (unpaired) electrons. The lowest BCUT2D eigenvalue weighted by molar-refractivity contribution is 0.0917. The summed E-state index contributed by atoms with van der Waals surface area (Å²) in [5.74, 6) is 0.874. The van der Waals surface area contributed by atoms with E-state index in [1.54, 1.807) is 10.8 Å². The molecule has 1 saturated carbocycles. The molecule has 3 N–H and O–H groups in total.